The smallest absolute Gasteiger partial charge is 0.423 e. The van der Waals surface area contributed by atoms with Gasteiger partial charge in [0.25, 0.3) is 11.7 Å². The molecule has 30 heteroatoms. The predicted octanol–water partition coefficient (Wildman–Crippen LogP) is -4.82. The SMILES string of the molecule is CC(=O)N1C(O)(O)C(C)(O)N(C2C(O)(O)C(c3c(C)c(O)c(F)c(O)c3O)N(C(=O)N(C)C(C)c3c(O)c(CF)c(O)c(C(F)(F)F)c3O)C(O)(O)C2(O)O)C(O)(O)C1(O)O. The number of piperidine rings is 1. The quantitative estimate of drug-likeness (QED) is 0.0579. The van der Waals surface area contributed by atoms with Crippen LogP contribution >= 0.6 is 0 Å². The Morgan fingerprint density at radius 1 is 0.754 bits per heavy atom. The summed E-state index contributed by atoms with van der Waals surface area (Å²) in [6, 6.07) is -13.1. The fourth-order valence-corrected chi connectivity index (χ4v) is 7.46. The number of benzene rings is 2. The molecular formula is C31H39F5N4O21. The first-order chi connectivity index (χ1) is 27.1. The largest absolute Gasteiger partial charge is 0.507 e. The summed E-state index contributed by atoms with van der Waals surface area (Å²) in [5.41, 5.74) is -13.1. The first kappa shape index (κ1) is 48.7. The van der Waals surface area contributed by atoms with E-state index >= 15 is 0 Å². The number of piperazine rings is 1. The van der Waals surface area contributed by atoms with Crippen LogP contribution in [-0.4, -0.2) is 183 Å². The molecule has 0 aliphatic carbocycles. The Hall–Kier alpha value is -4.93. The summed E-state index contributed by atoms with van der Waals surface area (Å²) >= 11 is 0. The molecule has 2 saturated heterocycles. The molecule has 2 fully saturated rings. The number of phenolic OH excluding ortho intramolecular Hbond substituents is 6. The number of aromatic hydroxyl groups is 6. The molecule has 2 heterocycles. The summed E-state index contributed by atoms with van der Waals surface area (Å²) in [5.74, 6) is -46.8. The minimum absolute atomic E-state index is 0.0836. The Morgan fingerprint density at radius 2 is 1.25 bits per heavy atom. The van der Waals surface area contributed by atoms with Crippen LogP contribution in [0.15, 0.2) is 0 Å². The maximum atomic E-state index is 14.8. The molecular weight excluding hydrogens is 859 g/mol. The summed E-state index contributed by atoms with van der Waals surface area (Å²) in [6.07, 6.45) is -5.77. The van der Waals surface area contributed by atoms with Crippen molar-refractivity contribution in [3.8, 4) is 34.5 Å². The zero-order valence-corrected chi connectivity index (χ0v) is 31.4. The molecule has 0 radical (unpaired) electrons. The van der Waals surface area contributed by atoms with Crippen molar-refractivity contribution >= 4 is 11.9 Å². The van der Waals surface area contributed by atoms with E-state index in [1.807, 2.05) is 0 Å². The summed E-state index contributed by atoms with van der Waals surface area (Å²) in [4.78, 5) is 23.1. The van der Waals surface area contributed by atoms with E-state index in [0.29, 0.717) is 20.9 Å². The van der Waals surface area contributed by atoms with E-state index in [2.05, 4.69) is 0 Å². The van der Waals surface area contributed by atoms with E-state index in [4.69, 9.17) is 0 Å². The Morgan fingerprint density at radius 3 is 1.69 bits per heavy atom. The second-order valence-electron chi connectivity index (χ2n) is 14.4. The van der Waals surface area contributed by atoms with Gasteiger partial charge in [-0.2, -0.15) is 22.5 Å². The Bertz CT molecular complexity index is 2110. The highest BCUT2D eigenvalue weighted by Gasteiger charge is 2.85. The van der Waals surface area contributed by atoms with Gasteiger partial charge in [-0.3, -0.25) is 9.69 Å². The lowest BCUT2D eigenvalue weighted by Gasteiger charge is -2.68. The topological polar surface area (TPSA) is 431 Å². The molecule has 4 unspecified atom stereocenters. The van der Waals surface area contributed by atoms with Crippen molar-refractivity contribution in [3.05, 3.63) is 33.6 Å². The molecule has 61 heavy (non-hydrogen) atoms. The minimum Gasteiger partial charge on any atom is -0.507 e. The molecule has 0 spiro atoms. The predicted molar refractivity (Wildman–Crippen MR) is 175 cm³/mol. The van der Waals surface area contributed by atoms with E-state index in [1.165, 1.54) is 0 Å². The van der Waals surface area contributed by atoms with E-state index in [9.17, 15) is 129 Å². The second-order valence-corrected chi connectivity index (χ2v) is 14.4. The number of hydrogen-bond acceptors (Lipinski definition) is 22. The van der Waals surface area contributed by atoms with Crippen LogP contribution < -0.4 is 0 Å². The number of rotatable bonds is 5. The highest BCUT2D eigenvalue weighted by atomic mass is 19.4. The Balaban J connectivity index is 2.17. The number of aliphatic hydroxyl groups is 13. The van der Waals surface area contributed by atoms with Gasteiger partial charge in [0.05, 0.1) is 17.2 Å². The molecule has 19 N–H and O–H groups in total. The van der Waals surface area contributed by atoms with Gasteiger partial charge in [-0.1, -0.05) is 0 Å². The average molecular weight is 899 g/mol. The molecule has 0 saturated carbocycles. The molecule has 4 rings (SSSR count). The fourth-order valence-electron chi connectivity index (χ4n) is 7.46. The third kappa shape index (κ3) is 6.21. The Kier molecular flexibility index (Phi) is 11.2. The number of alkyl halides is 4. The van der Waals surface area contributed by atoms with Gasteiger partial charge in [-0.05, 0) is 20.8 Å². The van der Waals surface area contributed by atoms with Crippen LogP contribution in [0, 0.1) is 12.7 Å². The number of halogens is 5. The number of nitrogens with zero attached hydrogens (tertiary/aromatic N) is 4. The first-order valence-electron chi connectivity index (χ1n) is 16.6. The van der Waals surface area contributed by atoms with Crippen LogP contribution in [-0.2, 0) is 17.6 Å². The lowest BCUT2D eigenvalue weighted by atomic mass is 9.75. The number of urea groups is 1. The number of likely N-dealkylation sites (tertiary alicyclic amines) is 1. The molecule has 25 nitrogen and oxygen atoms in total. The zero-order valence-electron chi connectivity index (χ0n) is 31.4. The third-order valence-electron chi connectivity index (χ3n) is 10.8. The number of carbonyl (C=O) groups is 2. The van der Waals surface area contributed by atoms with E-state index in [1.54, 1.807) is 0 Å². The highest BCUT2D eigenvalue weighted by molar-refractivity contribution is 5.78. The van der Waals surface area contributed by atoms with Gasteiger partial charge in [0, 0.05) is 25.1 Å². The first-order valence-corrected chi connectivity index (χ1v) is 16.6. The van der Waals surface area contributed by atoms with Crippen molar-refractivity contribution in [1.29, 1.82) is 0 Å². The van der Waals surface area contributed by atoms with Crippen molar-refractivity contribution in [2.75, 3.05) is 7.05 Å². The van der Waals surface area contributed by atoms with Crippen LogP contribution in [0.5, 0.6) is 34.5 Å². The molecule has 2 aliphatic rings. The summed E-state index contributed by atoms with van der Waals surface area (Å²) in [6.45, 7) is -0.892. The molecule has 0 aromatic heterocycles. The average Bonchev–Trinajstić information content (AvgIpc) is 3.08. The number of phenols is 6. The second kappa shape index (κ2) is 14.0. The van der Waals surface area contributed by atoms with Crippen LogP contribution in [0.25, 0.3) is 0 Å². The van der Waals surface area contributed by atoms with Gasteiger partial charge >= 0.3 is 29.9 Å². The van der Waals surface area contributed by atoms with Crippen molar-refractivity contribution < 1.29 is 129 Å². The van der Waals surface area contributed by atoms with Gasteiger partial charge in [-0.25, -0.2) is 14.1 Å². The third-order valence-corrected chi connectivity index (χ3v) is 10.8. The maximum Gasteiger partial charge on any atom is 0.423 e. The summed E-state index contributed by atoms with van der Waals surface area (Å²) in [7, 11) is 0.371. The van der Waals surface area contributed by atoms with Crippen molar-refractivity contribution in [2.24, 2.45) is 0 Å². The number of amides is 3. The molecule has 2 aliphatic heterocycles. The van der Waals surface area contributed by atoms with Gasteiger partial charge in [0.2, 0.25) is 17.5 Å². The van der Waals surface area contributed by atoms with Crippen molar-refractivity contribution in [3.63, 3.8) is 0 Å². The normalized spacial score (nSPS) is 25.9. The molecule has 2 aromatic carbocycles. The molecule has 2 aromatic rings. The molecule has 344 valence electrons. The minimum atomic E-state index is -5.77. The van der Waals surface area contributed by atoms with E-state index in [-0.39, 0.29) is 18.7 Å². The van der Waals surface area contributed by atoms with Crippen molar-refractivity contribution in [1.82, 2.24) is 19.6 Å². The highest BCUT2D eigenvalue weighted by Crippen LogP contribution is 2.59. The van der Waals surface area contributed by atoms with Crippen LogP contribution in [0.1, 0.15) is 60.7 Å². The maximum absolute atomic E-state index is 14.8. The Labute approximate surface area is 335 Å². The lowest BCUT2D eigenvalue weighted by molar-refractivity contribution is -0.593. The number of carbonyl (C=O) groups excluding carboxylic acids is 2. The number of hydrogen-bond donors (Lipinski definition) is 19. The standard InChI is InChI=1S/C31H39F5N4O21/c1-7-11(19(46)20(47)14(33)15(7)42)21-25(50,51)22(40-24(4,49)28(54,55)39(9(3)41)30(58,59)31(40,60)61)26(52,53)29(56,57)38(21)23(48)37(5)8(2)12-16(43)10(6-32)17(44)13(18(12)45)27(34,35)36/h8,21-22,42-47,49-61H,6H2,1-5H3. The van der Waals surface area contributed by atoms with Crippen LogP contribution in [0.2, 0.25) is 0 Å². The zero-order chi connectivity index (χ0) is 47.8. The van der Waals surface area contributed by atoms with Gasteiger partial charge in [0.1, 0.15) is 41.6 Å². The van der Waals surface area contributed by atoms with Crippen LogP contribution in [0.4, 0.5) is 26.7 Å². The molecule has 4 atom stereocenters. The monoisotopic (exact) mass is 898 g/mol. The summed E-state index contributed by atoms with van der Waals surface area (Å²) < 4.78 is 70.6. The summed E-state index contributed by atoms with van der Waals surface area (Å²) in [5, 5.41) is 210. The molecule has 3 amide bonds. The molecule has 0 bridgehead atoms. The van der Waals surface area contributed by atoms with Crippen molar-refractivity contribution in [2.45, 2.75) is 99.6 Å². The van der Waals surface area contributed by atoms with Gasteiger partial charge in [-0.15, -0.1) is 0 Å². The lowest BCUT2D eigenvalue weighted by Crippen LogP contribution is -2.96. The van der Waals surface area contributed by atoms with Crippen LogP contribution in [0.3, 0.4) is 0 Å². The van der Waals surface area contributed by atoms with E-state index < -0.39 is 167 Å². The fraction of sp³-hybridized carbons (Fsp3) is 0.548. The van der Waals surface area contributed by atoms with Gasteiger partial charge < -0.3 is 102 Å². The van der Waals surface area contributed by atoms with Gasteiger partial charge in [0.15, 0.2) is 23.0 Å². The van der Waals surface area contributed by atoms with E-state index in [0.717, 1.165) is 0 Å².